The van der Waals surface area contributed by atoms with Crippen LogP contribution in [0.1, 0.15) is 12.5 Å². The lowest BCUT2D eigenvalue weighted by atomic mass is 10.1. The highest BCUT2D eigenvalue weighted by Gasteiger charge is 2.22. The maximum Gasteiger partial charge on any atom is 0.318 e. The van der Waals surface area contributed by atoms with Crippen LogP contribution < -0.4 is 20.3 Å². The number of carbonyl (C=O) groups is 1. The fraction of sp³-hybridized carbons (Fsp3) is 0.100. The average molecular weight is 582 g/mol. The van der Waals surface area contributed by atoms with Crippen molar-refractivity contribution in [1.82, 2.24) is 9.99 Å². The van der Waals surface area contributed by atoms with E-state index in [9.17, 15) is 29.8 Å². The first-order valence-corrected chi connectivity index (χ1v) is 13.0. The van der Waals surface area contributed by atoms with Gasteiger partial charge in [0, 0.05) is 16.8 Å². The zero-order valence-electron chi connectivity index (χ0n) is 22.6. The van der Waals surface area contributed by atoms with Gasteiger partial charge in [0.05, 0.1) is 39.8 Å². The van der Waals surface area contributed by atoms with Crippen molar-refractivity contribution in [2.45, 2.75) is 13.5 Å². The fourth-order valence-corrected chi connectivity index (χ4v) is 4.53. The molecule has 5 aromatic rings. The number of nitrogens with one attached hydrogen (secondary N) is 1. The highest BCUT2D eigenvalue weighted by molar-refractivity contribution is 5.95. The van der Waals surface area contributed by atoms with Crippen molar-refractivity contribution in [2.24, 2.45) is 5.10 Å². The lowest BCUT2D eigenvalue weighted by Crippen LogP contribution is -2.25. The van der Waals surface area contributed by atoms with Gasteiger partial charge < -0.3 is 14.0 Å². The second-order valence-electron chi connectivity index (χ2n) is 9.15. The smallest absolute Gasteiger partial charge is 0.318 e. The summed E-state index contributed by atoms with van der Waals surface area (Å²) in [7, 11) is 0. The summed E-state index contributed by atoms with van der Waals surface area (Å²) < 4.78 is 13.1. The number of hydrazone groups is 1. The van der Waals surface area contributed by atoms with Crippen molar-refractivity contribution in [3.63, 3.8) is 0 Å². The molecule has 0 radical (unpaired) electrons. The molecule has 0 aliphatic heterocycles. The summed E-state index contributed by atoms with van der Waals surface area (Å²) in [6, 6.07) is 21.9. The van der Waals surface area contributed by atoms with Gasteiger partial charge in [-0.05, 0) is 61.0 Å². The predicted octanol–water partition coefficient (Wildman–Crippen LogP) is 5.31. The number of carbonyl (C=O) groups excluding carboxylic acids is 1. The van der Waals surface area contributed by atoms with Crippen molar-refractivity contribution < 1.29 is 24.1 Å². The molecule has 1 heterocycles. The van der Waals surface area contributed by atoms with Crippen LogP contribution in [0.15, 0.2) is 94.8 Å². The quantitative estimate of drug-likeness (QED) is 0.100. The lowest BCUT2D eigenvalue weighted by Gasteiger charge is -2.14. The van der Waals surface area contributed by atoms with E-state index in [1.54, 1.807) is 72.2 Å². The first-order valence-electron chi connectivity index (χ1n) is 13.0. The molecule has 13 heteroatoms. The van der Waals surface area contributed by atoms with Crippen LogP contribution in [-0.2, 0) is 11.3 Å². The molecule has 0 aliphatic rings. The number of hydrogen-bond acceptors (Lipinski definition) is 9. The van der Waals surface area contributed by atoms with Crippen LogP contribution in [0, 0.1) is 20.2 Å². The molecule has 5 rings (SSSR count). The Morgan fingerprint density at radius 2 is 1.53 bits per heavy atom. The Bertz CT molecular complexity index is 1930. The van der Waals surface area contributed by atoms with Crippen LogP contribution in [0.2, 0.25) is 0 Å². The maximum absolute atomic E-state index is 12.9. The Morgan fingerprint density at radius 1 is 0.884 bits per heavy atom. The van der Waals surface area contributed by atoms with Crippen molar-refractivity contribution in [2.75, 3.05) is 6.61 Å². The summed E-state index contributed by atoms with van der Waals surface area (Å²) in [4.78, 5) is 46.8. The highest BCUT2D eigenvalue weighted by atomic mass is 16.6. The molecule has 0 aliphatic carbocycles. The SMILES string of the molecule is CCOc1cc(/C=N\NC(=O)Cn2c3ccccc3c(=O)c3ccccc32)ccc1Oc1ccc([N+](=O)[O-])cc1[N+](=O)[O-]. The number of nitro benzene ring substituents is 2. The number of amides is 1. The van der Waals surface area contributed by atoms with Crippen molar-refractivity contribution in [3.05, 3.63) is 121 Å². The molecule has 4 aromatic carbocycles. The first kappa shape index (κ1) is 28.4. The molecule has 1 N–H and O–H groups in total. The third-order valence-electron chi connectivity index (χ3n) is 6.42. The highest BCUT2D eigenvalue weighted by Crippen LogP contribution is 2.38. The van der Waals surface area contributed by atoms with Gasteiger partial charge in [-0.1, -0.05) is 24.3 Å². The minimum atomic E-state index is -0.772. The van der Waals surface area contributed by atoms with E-state index >= 15 is 0 Å². The number of non-ortho nitro benzene ring substituents is 1. The van der Waals surface area contributed by atoms with E-state index in [0.29, 0.717) is 27.4 Å². The number of para-hydroxylation sites is 2. The standard InChI is InChI=1S/C30H23N5O8/c1-2-42-28-15-19(11-13-27(28)43-26-14-12-20(34(38)39)16-25(26)35(40)41)17-31-32-29(36)18-33-23-9-5-3-7-21(23)30(37)22-8-4-6-10-24(22)33/h3-17H,2,18H2,1H3,(H,32,36)/b31-17-. The third-order valence-corrected chi connectivity index (χ3v) is 6.42. The minimum absolute atomic E-state index is 0.0936. The molecular weight excluding hydrogens is 558 g/mol. The lowest BCUT2D eigenvalue weighted by molar-refractivity contribution is -0.394. The fourth-order valence-electron chi connectivity index (χ4n) is 4.53. The zero-order chi connectivity index (χ0) is 30.5. The second-order valence-corrected chi connectivity index (χ2v) is 9.15. The van der Waals surface area contributed by atoms with E-state index in [4.69, 9.17) is 9.47 Å². The summed E-state index contributed by atoms with van der Waals surface area (Å²) in [6.07, 6.45) is 1.39. The van der Waals surface area contributed by atoms with Crippen molar-refractivity contribution in [3.8, 4) is 17.2 Å². The van der Waals surface area contributed by atoms with E-state index < -0.39 is 27.1 Å². The number of rotatable bonds is 10. The summed E-state index contributed by atoms with van der Waals surface area (Å²) in [5, 5.41) is 27.6. The van der Waals surface area contributed by atoms with Gasteiger partial charge in [0.25, 0.3) is 11.6 Å². The summed E-state index contributed by atoms with van der Waals surface area (Å²) in [6.45, 7) is 1.89. The topological polar surface area (TPSA) is 168 Å². The van der Waals surface area contributed by atoms with E-state index in [1.165, 1.54) is 12.3 Å². The van der Waals surface area contributed by atoms with Gasteiger partial charge in [0.15, 0.2) is 16.9 Å². The molecule has 0 saturated heterocycles. The number of fused-ring (bicyclic) bond motifs is 2. The number of aromatic nitrogens is 1. The van der Waals surface area contributed by atoms with Crippen LogP contribution in [0.3, 0.4) is 0 Å². The molecule has 0 saturated carbocycles. The molecule has 0 spiro atoms. The summed E-state index contributed by atoms with van der Waals surface area (Å²) >= 11 is 0. The third kappa shape index (κ3) is 6.00. The molecule has 1 amide bonds. The molecule has 0 fully saturated rings. The van der Waals surface area contributed by atoms with Crippen LogP contribution >= 0.6 is 0 Å². The monoisotopic (exact) mass is 581 g/mol. The van der Waals surface area contributed by atoms with Gasteiger partial charge in [0.2, 0.25) is 5.75 Å². The minimum Gasteiger partial charge on any atom is -0.490 e. The zero-order valence-corrected chi connectivity index (χ0v) is 22.6. The molecule has 13 nitrogen and oxygen atoms in total. The Morgan fingerprint density at radius 3 is 2.16 bits per heavy atom. The molecular formula is C30H23N5O8. The predicted molar refractivity (Wildman–Crippen MR) is 159 cm³/mol. The Kier molecular flexibility index (Phi) is 8.05. The van der Waals surface area contributed by atoms with Gasteiger partial charge in [-0.25, -0.2) is 5.43 Å². The van der Waals surface area contributed by atoms with Gasteiger partial charge in [-0.15, -0.1) is 0 Å². The van der Waals surface area contributed by atoms with Crippen LogP contribution in [0.5, 0.6) is 17.2 Å². The number of hydrogen-bond donors (Lipinski definition) is 1. The van der Waals surface area contributed by atoms with Gasteiger partial charge in [-0.3, -0.25) is 29.8 Å². The molecule has 0 bridgehead atoms. The first-order chi connectivity index (χ1) is 20.8. The Hall–Kier alpha value is -6.11. The second kappa shape index (κ2) is 12.2. The van der Waals surface area contributed by atoms with E-state index in [0.717, 1.165) is 18.2 Å². The molecule has 1 aromatic heterocycles. The molecule has 43 heavy (non-hydrogen) atoms. The van der Waals surface area contributed by atoms with Crippen LogP contribution in [0.25, 0.3) is 21.8 Å². The van der Waals surface area contributed by atoms with E-state index in [-0.39, 0.29) is 35.8 Å². The van der Waals surface area contributed by atoms with Gasteiger partial charge >= 0.3 is 5.69 Å². The van der Waals surface area contributed by atoms with Crippen LogP contribution in [-0.4, -0.2) is 33.1 Å². The largest absolute Gasteiger partial charge is 0.490 e. The summed E-state index contributed by atoms with van der Waals surface area (Å²) in [5.41, 5.74) is 3.13. The molecule has 216 valence electrons. The Labute approximate surface area is 242 Å². The van der Waals surface area contributed by atoms with Crippen molar-refractivity contribution in [1.29, 1.82) is 0 Å². The summed E-state index contributed by atoms with van der Waals surface area (Å²) in [5.74, 6) is -0.257. The van der Waals surface area contributed by atoms with Gasteiger partial charge in [0.1, 0.15) is 6.54 Å². The number of benzene rings is 4. The molecule has 0 atom stereocenters. The van der Waals surface area contributed by atoms with E-state index in [2.05, 4.69) is 10.5 Å². The normalized spacial score (nSPS) is 11.1. The number of pyridine rings is 1. The van der Waals surface area contributed by atoms with E-state index in [1.807, 2.05) is 0 Å². The maximum atomic E-state index is 12.9. The van der Waals surface area contributed by atoms with Crippen molar-refractivity contribution >= 4 is 45.3 Å². The van der Waals surface area contributed by atoms with Crippen LogP contribution in [0.4, 0.5) is 11.4 Å². The van der Waals surface area contributed by atoms with Gasteiger partial charge in [-0.2, -0.15) is 5.10 Å². The Balaban J connectivity index is 1.35. The molecule has 0 unspecified atom stereocenters. The number of nitrogens with zero attached hydrogens (tertiary/aromatic N) is 4. The number of ether oxygens (including phenoxy) is 2. The number of nitro groups is 2. The average Bonchev–Trinajstić information content (AvgIpc) is 3.00.